The Hall–Kier alpha value is -1.02. The normalized spacial score (nSPS) is 31.4. The van der Waals surface area contributed by atoms with Gasteiger partial charge in [-0.2, -0.15) is 0 Å². The Morgan fingerprint density at radius 2 is 2.24 bits per heavy atom. The number of aryl methyl sites for hydroxylation is 1. The molecule has 2 nitrogen and oxygen atoms in total. The first-order chi connectivity index (χ1) is 8.09. The molecule has 2 atom stereocenters. The van der Waals surface area contributed by atoms with Crippen LogP contribution in [0.15, 0.2) is 18.2 Å². The van der Waals surface area contributed by atoms with Gasteiger partial charge < -0.3 is 5.32 Å². The van der Waals surface area contributed by atoms with Crippen molar-refractivity contribution in [2.24, 2.45) is 0 Å². The third-order valence-corrected chi connectivity index (χ3v) is 4.60. The second-order valence-corrected chi connectivity index (χ2v) is 5.81. The number of halogens is 1. The van der Waals surface area contributed by atoms with Gasteiger partial charge in [-0.25, -0.2) is 0 Å². The molecular weight excluding hydrogens is 234 g/mol. The van der Waals surface area contributed by atoms with Gasteiger partial charge in [-0.1, -0.05) is 24.6 Å². The Morgan fingerprint density at radius 3 is 3.06 bits per heavy atom. The zero-order chi connectivity index (χ0) is 12.0. The van der Waals surface area contributed by atoms with Crippen LogP contribution in [0.2, 0.25) is 5.02 Å². The summed E-state index contributed by atoms with van der Waals surface area (Å²) in [6, 6.07) is 6.47. The third-order valence-electron chi connectivity index (χ3n) is 4.36. The summed E-state index contributed by atoms with van der Waals surface area (Å²) in [6.45, 7) is 2.27. The first kappa shape index (κ1) is 11.1. The van der Waals surface area contributed by atoms with E-state index in [1.54, 1.807) is 0 Å². The maximum atomic E-state index is 11.5. The van der Waals surface area contributed by atoms with E-state index in [4.69, 9.17) is 11.6 Å². The zero-order valence-electron chi connectivity index (χ0n) is 9.92. The Labute approximate surface area is 106 Å². The number of rotatable bonds is 0. The fraction of sp³-hybridized carbons (Fsp3) is 0.500. The zero-order valence-corrected chi connectivity index (χ0v) is 10.7. The molecule has 0 bridgehead atoms. The Bertz CT molecular complexity index is 485. The summed E-state index contributed by atoms with van der Waals surface area (Å²) in [4.78, 5) is 11.5. The second-order valence-electron chi connectivity index (χ2n) is 5.38. The molecule has 0 spiro atoms. The highest BCUT2D eigenvalue weighted by Gasteiger charge is 2.43. The number of hydrogen-bond donors (Lipinski definition) is 1. The van der Waals surface area contributed by atoms with Crippen molar-refractivity contribution in [1.29, 1.82) is 0 Å². The minimum Gasteiger partial charge on any atom is -0.352 e. The molecular formula is C14H16ClNO. The molecule has 1 aromatic rings. The fourth-order valence-electron chi connectivity index (χ4n) is 3.31. The average molecular weight is 250 g/mol. The highest BCUT2D eigenvalue weighted by molar-refractivity contribution is 6.30. The van der Waals surface area contributed by atoms with Crippen molar-refractivity contribution in [2.75, 3.05) is 0 Å². The lowest BCUT2D eigenvalue weighted by Gasteiger charge is -2.46. The predicted octanol–water partition coefficient (Wildman–Crippen LogP) is 2.82. The Kier molecular flexibility index (Phi) is 2.44. The van der Waals surface area contributed by atoms with Gasteiger partial charge in [-0.15, -0.1) is 0 Å². The van der Waals surface area contributed by atoms with Crippen molar-refractivity contribution in [3.05, 3.63) is 34.3 Å². The monoisotopic (exact) mass is 249 g/mol. The lowest BCUT2D eigenvalue weighted by Crippen LogP contribution is -2.55. The second kappa shape index (κ2) is 3.74. The van der Waals surface area contributed by atoms with Crippen molar-refractivity contribution in [2.45, 2.75) is 44.1 Å². The first-order valence-electron chi connectivity index (χ1n) is 6.18. The SMILES string of the molecule is C[C@]12CCC(=O)N[C@H]1CCc1cc(Cl)ccc12. The van der Waals surface area contributed by atoms with Crippen LogP contribution < -0.4 is 5.32 Å². The molecule has 2 aliphatic rings. The molecule has 1 saturated heterocycles. The van der Waals surface area contributed by atoms with Gasteiger partial charge in [0.25, 0.3) is 0 Å². The largest absolute Gasteiger partial charge is 0.352 e. The van der Waals surface area contributed by atoms with E-state index < -0.39 is 0 Å². The van der Waals surface area contributed by atoms with Gasteiger partial charge in [-0.05, 0) is 42.5 Å². The van der Waals surface area contributed by atoms with Crippen LogP contribution in [0.5, 0.6) is 0 Å². The number of nitrogens with one attached hydrogen (secondary N) is 1. The third kappa shape index (κ3) is 1.66. The molecule has 17 heavy (non-hydrogen) atoms. The van der Waals surface area contributed by atoms with Crippen molar-refractivity contribution >= 4 is 17.5 Å². The van der Waals surface area contributed by atoms with Crippen LogP contribution >= 0.6 is 11.6 Å². The number of benzene rings is 1. The molecule has 1 fully saturated rings. The molecule has 0 aromatic heterocycles. The number of amides is 1. The number of fused-ring (bicyclic) bond motifs is 3. The minimum absolute atomic E-state index is 0.0894. The summed E-state index contributed by atoms with van der Waals surface area (Å²) in [5, 5.41) is 3.95. The van der Waals surface area contributed by atoms with Gasteiger partial charge in [-0.3, -0.25) is 4.79 Å². The summed E-state index contributed by atoms with van der Waals surface area (Å²) in [7, 11) is 0. The summed E-state index contributed by atoms with van der Waals surface area (Å²) in [6.07, 6.45) is 3.61. The molecule has 1 N–H and O–H groups in total. The summed E-state index contributed by atoms with van der Waals surface area (Å²) in [5.41, 5.74) is 2.82. The first-order valence-corrected chi connectivity index (χ1v) is 6.56. The van der Waals surface area contributed by atoms with E-state index in [9.17, 15) is 4.79 Å². The topological polar surface area (TPSA) is 29.1 Å². The van der Waals surface area contributed by atoms with Crippen LogP contribution in [0, 0.1) is 0 Å². The maximum Gasteiger partial charge on any atom is 0.220 e. The van der Waals surface area contributed by atoms with Gasteiger partial charge in [0.1, 0.15) is 0 Å². The van der Waals surface area contributed by atoms with E-state index in [1.807, 2.05) is 6.07 Å². The Balaban J connectivity index is 2.07. The molecule has 1 aliphatic carbocycles. The lowest BCUT2D eigenvalue weighted by atomic mass is 9.64. The lowest BCUT2D eigenvalue weighted by molar-refractivity contribution is -0.125. The minimum atomic E-state index is 0.0894. The highest BCUT2D eigenvalue weighted by atomic mass is 35.5. The van der Waals surface area contributed by atoms with Crippen LogP contribution in [0.25, 0.3) is 0 Å². The van der Waals surface area contributed by atoms with Crippen molar-refractivity contribution in [1.82, 2.24) is 5.32 Å². The molecule has 90 valence electrons. The van der Waals surface area contributed by atoms with Crippen LogP contribution in [0.1, 0.15) is 37.3 Å². The number of carbonyl (C=O) groups excluding carboxylic acids is 1. The molecule has 1 amide bonds. The highest BCUT2D eigenvalue weighted by Crippen LogP contribution is 2.43. The predicted molar refractivity (Wildman–Crippen MR) is 68.3 cm³/mol. The average Bonchev–Trinajstić information content (AvgIpc) is 2.30. The van der Waals surface area contributed by atoms with Gasteiger partial charge in [0, 0.05) is 22.9 Å². The Morgan fingerprint density at radius 1 is 1.41 bits per heavy atom. The van der Waals surface area contributed by atoms with Crippen LogP contribution in [-0.4, -0.2) is 11.9 Å². The summed E-state index contributed by atoms with van der Waals surface area (Å²) in [5.74, 6) is 0.199. The standard InChI is InChI=1S/C14H16ClNO/c1-14-7-6-13(17)16-12(14)5-2-9-8-10(15)3-4-11(9)14/h3-4,8,12H,2,5-7H2,1H3,(H,16,17)/t12-,14+/m0/s1. The number of carbonyl (C=O) groups is 1. The van der Waals surface area contributed by atoms with Crippen molar-refractivity contribution < 1.29 is 4.79 Å². The molecule has 1 heterocycles. The van der Waals surface area contributed by atoms with Crippen LogP contribution in [-0.2, 0) is 16.6 Å². The van der Waals surface area contributed by atoms with Gasteiger partial charge in [0.15, 0.2) is 0 Å². The molecule has 3 rings (SSSR count). The molecule has 0 unspecified atom stereocenters. The smallest absolute Gasteiger partial charge is 0.220 e. The van der Waals surface area contributed by atoms with Crippen LogP contribution in [0.3, 0.4) is 0 Å². The molecule has 3 heteroatoms. The summed E-state index contributed by atoms with van der Waals surface area (Å²) < 4.78 is 0. The molecule has 1 aromatic carbocycles. The van der Waals surface area contributed by atoms with E-state index in [1.165, 1.54) is 11.1 Å². The van der Waals surface area contributed by atoms with E-state index in [-0.39, 0.29) is 17.4 Å². The van der Waals surface area contributed by atoms with E-state index in [2.05, 4.69) is 24.4 Å². The van der Waals surface area contributed by atoms with Crippen LogP contribution in [0.4, 0.5) is 0 Å². The molecule has 1 aliphatic heterocycles. The van der Waals surface area contributed by atoms with E-state index in [0.29, 0.717) is 6.42 Å². The van der Waals surface area contributed by atoms with Gasteiger partial charge in [0.2, 0.25) is 5.91 Å². The van der Waals surface area contributed by atoms with Crippen molar-refractivity contribution in [3.63, 3.8) is 0 Å². The van der Waals surface area contributed by atoms with Crippen molar-refractivity contribution in [3.8, 4) is 0 Å². The van der Waals surface area contributed by atoms with Gasteiger partial charge in [0.05, 0.1) is 0 Å². The quantitative estimate of drug-likeness (QED) is 0.753. The molecule has 0 radical (unpaired) electrons. The maximum absolute atomic E-state index is 11.5. The number of hydrogen-bond acceptors (Lipinski definition) is 1. The van der Waals surface area contributed by atoms with E-state index >= 15 is 0 Å². The van der Waals surface area contributed by atoms with E-state index in [0.717, 1.165) is 24.3 Å². The fourth-order valence-corrected chi connectivity index (χ4v) is 3.51. The summed E-state index contributed by atoms with van der Waals surface area (Å²) >= 11 is 6.05. The molecule has 0 saturated carbocycles. The number of piperidine rings is 1. The van der Waals surface area contributed by atoms with Gasteiger partial charge >= 0.3 is 0 Å².